The van der Waals surface area contributed by atoms with Crippen molar-refractivity contribution in [1.82, 2.24) is 0 Å². The first kappa shape index (κ1) is 14.1. The van der Waals surface area contributed by atoms with Crippen LogP contribution in [0.1, 0.15) is 19.4 Å². The van der Waals surface area contributed by atoms with Crippen LogP contribution >= 0.6 is 11.6 Å². The minimum absolute atomic E-state index is 0.281. The molecule has 2 aromatic rings. The van der Waals surface area contributed by atoms with E-state index in [-0.39, 0.29) is 4.90 Å². The summed E-state index contributed by atoms with van der Waals surface area (Å²) in [5, 5.41) is 0. The Morgan fingerprint density at radius 3 is 1.79 bits per heavy atom. The van der Waals surface area contributed by atoms with Crippen molar-refractivity contribution in [1.29, 1.82) is 0 Å². The van der Waals surface area contributed by atoms with Gasteiger partial charge < -0.3 is 0 Å². The minimum Gasteiger partial charge on any atom is -0.219 e. The molecule has 0 atom stereocenters. The summed E-state index contributed by atoms with van der Waals surface area (Å²) in [6, 6.07) is 15.1. The third-order valence-corrected chi connectivity index (χ3v) is 4.91. The van der Waals surface area contributed by atoms with E-state index in [1.165, 1.54) is 0 Å². The van der Waals surface area contributed by atoms with Crippen molar-refractivity contribution in [2.24, 2.45) is 0 Å². The lowest BCUT2D eigenvalue weighted by atomic mass is 10.0. The van der Waals surface area contributed by atoms with Gasteiger partial charge in [0.2, 0.25) is 9.84 Å². The van der Waals surface area contributed by atoms with Gasteiger partial charge in [-0.1, -0.05) is 30.3 Å². The first-order valence-electron chi connectivity index (χ1n) is 5.91. The maximum absolute atomic E-state index is 12.4. The van der Waals surface area contributed by atoms with E-state index in [2.05, 4.69) is 0 Å². The number of sulfone groups is 1. The summed E-state index contributed by atoms with van der Waals surface area (Å²) in [4.78, 5) is 0.0749. The van der Waals surface area contributed by atoms with Crippen LogP contribution in [0.25, 0.3) is 0 Å². The van der Waals surface area contributed by atoms with E-state index in [4.69, 9.17) is 11.6 Å². The van der Waals surface area contributed by atoms with Crippen molar-refractivity contribution >= 4 is 21.4 Å². The van der Waals surface area contributed by atoms with Crippen molar-refractivity contribution in [3.05, 3.63) is 60.2 Å². The Hall–Kier alpha value is -1.32. The largest absolute Gasteiger partial charge is 0.219 e. The van der Waals surface area contributed by atoms with Gasteiger partial charge in [-0.05, 0) is 43.7 Å². The minimum atomic E-state index is -3.44. The highest BCUT2D eigenvalue weighted by atomic mass is 35.5. The number of alkyl halides is 1. The van der Waals surface area contributed by atoms with Crippen LogP contribution in [-0.4, -0.2) is 8.42 Å². The zero-order valence-electron chi connectivity index (χ0n) is 10.8. The van der Waals surface area contributed by atoms with Crippen LogP contribution < -0.4 is 0 Å². The molecule has 100 valence electrons. The van der Waals surface area contributed by atoms with E-state index >= 15 is 0 Å². The lowest BCUT2D eigenvalue weighted by Gasteiger charge is -2.16. The smallest absolute Gasteiger partial charge is 0.206 e. The van der Waals surface area contributed by atoms with Crippen LogP contribution in [0.3, 0.4) is 0 Å². The standard InChI is InChI=1S/C15H15ClO2S/c1-15(2,16)12-8-10-14(11-9-12)19(17,18)13-6-4-3-5-7-13/h3-11H,1-2H3. The second-order valence-electron chi connectivity index (χ2n) is 4.81. The third kappa shape index (κ3) is 2.99. The predicted molar refractivity (Wildman–Crippen MR) is 77.2 cm³/mol. The number of hydrogen-bond donors (Lipinski definition) is 0. The summed E-state index contributed by atoms with van der Waals surface area (Å²) in [5.74, 6) is 0. The average molecular weight is 295 g/mol. The molecule has 0 aliphatic rings. The Balaban J connectivity index is 2.43. The maximum atomic E-state index is 12.4. The van der Waals surface area contributed by atoms with Crippen LogP contribution in [0.2, 0.25) is 0 Å². The van der Waals surface area contributed by atoms with Gasteiger partial charge >= 0.3 is 0 Å². The lowest BCUT2D eigenvalue weighted by molar-refractivity contribution is 0.596. The van der Waals surface area contributed by atoms with Crippen molar-refractivity contribution in [2.75, 3.05) is 0 Å². The van der Waals surface area contributed by atoms with Gasteiger partial charge in [-0.2, -0.15) is 0 Å². The van der Waals surface area contributed by atoms with Gasteiger partial charge in [0, 0.05) is 0 Å². The van der Waals surface area contributed by atoms with Gasteiger partial charge in [0.1, 0.15) is 0 Å². The van der Waals surface area contributed by atoms with Crippen molar-refractivity contribution < 1.29 is 8.42 Å². The molecular weight excluding hydrogens is 280 g/mol. The Labute approximate surface area is 119 Å². The van der Waals surface area contributed by atoms with Gasteiger partial charge in [0.25, 0.3) is 0 Å². The normalized spacial score (nSPS) is 12.4. The molecule has 19 heavy (non-hydrogen) atoms. The molecule has 0 unspecified atom stereocenters. The van der Waals surface area contributed by atoms with E-state index < -0.39 is 14.7 Å². The summed E-state index contributed by atoms with van der Waals surface area (Å²) in [6.45, 7) is 3.74. The van der Waals surface area contributed by atoms with Crippen LogP contribution in [0.5, 0.6) is 0 Å². The van der Waals surface area contributed by atoms with E-state index in [0.29, 0.717) is 4.90 Å². The molecule has 0 aromatic heterocycles. The van der Waals surface area contributed by atoms with Gasteiger partial charge in [0.05, 0.1) is 14.7 Å². The molecule has 0 amide bonds. The Kier molecular flexibility index (Phi) is 3.70. The maximum Gasteiger partial charge on any atom is 0.206 e. The first-order chi connectivity index (χ1) is 8.82. The predicted octanol–water partition coefficient (Wildman–Crippen LogP) is 3.99. The number of benzene rings is 2. The molecule has 0 aliphatic carbocycles. The second kappa shape index (κ2) is 4.99. The van der Waals surface area contributed by atoms with E-state index in [1.54, 1.807) is 54.6 Å². The highest BCUT2D eigenvalue weighted by molar-refractivity contribution is 7.91. The molecular formula is C15H15ClO2S. The zero-order chi connectivity index (χ0) is 14.1. The monoisotopic (exact) mass is 294 g/mol. The molecule has 4 heteroatoms. The van der Waals surface area contributed by atoms with Crippen LogP contribution in [0.4, 0.5) is 0 Å². The molecule has 2 nitrogen and oxygen atoms in total. The van der Waals surface area contributed by atoms with Gasteiger partial charge in [-0.3, -0.25) is 0 Å². The zero-order valence-corrected chi connectivity index (χ0v) is 12.4. The topological polar surface area (TPSA) is 34.1 Å². The first-order valence-corrected chi connectivity index (χ1v) is 7.77. The van der Waals surface area contributed by atoms with Crippen molar-refractivity contribution in [3.8, 4) is 0 Å². The Morgan fingerprint density at radius 1 is 0.842 bits per heavy atom. The van der Waals surface area contributed by atoms with Crippen LogP contribution in [0.15, 0.2) is 64.4 Å². The molecule has 0 saturated carbocycles. The van der Waals surface area contributed by atoms with Gasteiger partial charge in [0.15, 0.2) is 0 Å². The fourth-order valence-electron chi connectivity index (χ4n) is 1.77. The third-order valence-electron chi connectivity index (χ3n) is 2.90. The Bertz CT molecular complexity index is 654. The molecule has 0 spiro atoms. The van der Waals surface area contributed by atoms with Crippen LogP contribution in [-0.2, 0) is 14.7 Å². The number of rotatable bonds is 3. The molecule has 0 heterocycles. The number of hydrogen-bond acceptors (Lipinski definition) is 2. The van der Waals surface area contributed by atoms with E-state index in [0.717, 1.165) is 5.56 Å². The molecule has 0 bridgehead atoms. The van der Waals surface area contributed by atoms with Crippen LogP contribution in [0, 0.1) is 0 Å². The molecule has 0 saturated heterocycles. The SMILES string of the molecule is CC(C)(Cl)c1ccc(S(=O)(=O)c2ccccc2)cc1. The summed E-state index contributed by atoms with van der Waals surface area (Å²) < 4.78 is 24.7. The second-order valence-corrected chi connectivity index (χ2v) is 7.71. The van der Waals surface area contributed by atoms with Crippen molar-refractivity contribution in [2.45, 2.75) is 28.5 Å². The summed E-state index contributed by atoms with van der Waals surface area (Å²) in [5.41, 5.74) is 0.890. The molecule has 0 fully saturated rings. The summed E-state index contributed by atoms with van der Waals surface area (Å²) in [7, 11) is -3.44. The lowest BCUT2D eigenvalue weighted by Crippen LogP contribution is -2.08. The highest BCUT2D eigenvalue weighted by Crippen LogP contribution is 2.29. The fourth-order valence-corrected chi connectivity index (χ4v) is 3.17. The van der Waals surface area contributed by atoms with Gasteiger partial charge in [-0.15, -0.1) is 11.6 Å². The van der Waals surface area contributed by atoms with Crippen molar-refractivity contribution in [3.63, 3.8) is 0 Å². The quantitative estimate of drug-likeness (QED) is 0.802. The molecule has 2 aromatic carbocycles. The fraction of sp³-hybridized carbons (Fsp3) is 0.200. The highest BCUT2D eigenvalue weighted by Gasteiger charge is 2.20. The average Bonchev–Trinajstić information content (AvgIpc) is 2.39. The van der Waals surface area contributed by atoms with Gasteiger partial charge in [-0.25, -0.2) is 8.42 Å². The summed E-state index contributed by atoms with van der Waals surface area (Å²) >= 11 is 6.19. The molecule has 0 N–H and O–H groups in total. The Morgan fingerprint density at radius 2 is 1.32 bits per heavy atom. The van der Waals surface area contributed by atoms with E-state index in [9.17, 15) is 8.42 Å². The number of halogens is 1. The summed E-state index contributed by atoms with van der Waals surface area (Å²) in [6.07, 6.45) is 0. The van der Waals surface area contributed by atoms with E-state index in [1.807, 2.05) is 13.8 Å². The molecule has 0 aliphatic heterocycles. The molecule has 2 rings (SSSR count). The molecule has 0 radical (unpaired) electrons.